The van der Waals surface area contributed by atoms with E-state index in [4.69, 9.17) is 4.74 Å². The van der Waals surface area contributed by atoms with Gasteiger partial charge >= 0.3 is 5.97 Å². The Bertz CT molecular complexity index is 1640. The van der Waals surface area contributed by atoms with Crippen molar-refractivity contribution in [2.75, 3.05) is 7.11 Å². The minimum absolute atomic E-state index is 0.186. The van der Waals surface area contributed by atoms with Crippen molar-refractivity contribution in [1.29, 1.82) is 0 Å². The van der Waals surface area contributed by atoms with Gasteiger partial charge in [0, 0.05) is 41.3 Å². The molecule has 0 amide bonds. The van der Waals surface area contributed by atoms with Gasteiger partial charge in [0.2, 0.25) is 0 Å². The van der Waals surface area contributed by atoms with Crippen LogP contribution in [0.5, 0.6) is 0 Å². The van der Waals surface area contributed by atoms with E-state index in [1.54, 1.807) is 48.7 Å². The summed E-state index contributed by atoms with van der Waals surface area (Å²) < 4.78 is 35.6. The Balaban J connectivity index is 1.81. The van der Waals surface area contributed by atoms with Crippen LogP contribution in [0.25, 0.3) is 33.2 Å². The molecule has 0 fully saturated rings. The molecule has 0 aliphatic heterocycles. The van der Waals surface area contributed by atoms with Crippen LogP contribution in [0.4, 0.5) is 0 Å². The summed E-state index contributed by atoms with van der Waals surface area (Å²) in [5, 5.41) is 1.53. The van der Waals surface area contributed by atoms with E-state index >= 15 is 0 Å². The molecule has 166 valence electrons. The van der Waals surface area contributed by atoms with E-state index in [-0.39, 0.29) is 4.90 Å². The molecule has 0 aliphatic rings. The van der Waals surface area contributed by atoms with Crippen LogP contribution < -0.4 is 0 Å². The highest BCUT2D eigenvalue weighted by molar-refractivity contribution is 7.90. The lowest BCUT2D eigenvalue weighted by molar-refractivity contribution is 0.0601. The third-order valence-electron chi connectivity index (χ3n) is 5.77. The summed E-state index contributed by atoms with van der Waals surface area (Å²) in [6.45, 7) is 1.91. The van der Waals surface area contributed by atoms with Crippen LogP contribution in [-0.4, -0.2) is 35.0 Å². The van der Waals surface area contributed by atoms with Gasteiger partial charge in [-0.05, 0) is 49.4 Å². The fourth-order valence-corrected chi connectivity index (χ4v) is 5.57. The van der Waals surface area contributed by atoms with Crippen molar-refractivity contribution in [2.45, 2.75) is 11.8 Å². The van der Waals surface area contributed by atoms with Crippen LogP contribution in [0, 0.1) is 6.92 Å². The summed E-state index contributed by atoms with van der Waals surface area (Å²) in [7, 11) is -0.741. The second kappa shape index (κ2) is 7.60. The van der Waals surface area contributed by atoms with Crippen LogP contribution in [-0.2, 0) is 21.8 Å². The predicted octanol–water partition coefficient (Wildman–Crippen LogP) is 4.53. The van der Waals surface area contributed by atoms with Crippen molar-refractivity contribution < 1.29 is 17.9 Å². The summed E-state index contributed by atoms with van der Waals surface area (Å²) >= 11 is 0. The van der Waals surface area contributed by atoms with Crippen LogP contribution in [0.15, 0.2) is 78.0 Å². The molecule has 0 N–H and O–H groups in total. The summed E-state index contributed by atoms with van der Waals surface area (Å²) in [5.74, 6) is -0.431. The van der Waals surface area contributed by atoms with E-state index in [9.17, 15) is 13.2 Å². The van der Waals surface area contributed by atoms with E-state index in [1.165, 1.54) is 11.1 Å². The molecule has 0 unspecified atom stereocenters. The number of carbonyl (C=O) groups is 1. The molecule has 8 heteroatoms. The molecular formula is C25H21N3O4S. The van der Waals surface area contributed by atoms with Gasteiger partial charge in [-0.15, -0.1) is 0 Å². The van der Waals surface area contributed by atoms with Crippen molar-refractivity contribution in [2.24, 2.45) is 7.05 Å². The lowest BCUT2D eigenvalue weighted by Gasteiger charge is -2.11. The highest BCUT2D eigenvalue weighted by Crippen LogP contribution is 2.36. The fraction of sp³-hybridized carbons (Fsp3) is 0.120. The van der Waals surface area contributed by atoms with Gasteiger partial charge < -0.3 is 9.30 Å². The molecular weight excluding hydrogens is 438 g/mol. The van der Waals surface area contributed by atoms with Gasteiger partial charge in [-0.1, -0.05) is 23.8 Å². The van der Waals surface area contributed by atoms with Crippen LogP contribution >= 0.6 is 0 Å². The molecule has 0 bridgehead atoms. The first-order valence-electron chi connectivity index (χ1n) is 10.3. The number of aromatic nitrogens is 3. The van der Waals surface area contributed by atoms with E-state index in [2.05, 4.69) is 4.98 Å². The number of pyridine rings is 1. The van der Waals surface area contributed by atoms with Crippen molar-refractivity contribution in [1.82, 2.24) is 13.5 Å². The molecule has 7 nitrogen and oxygen atoms in total. The summed E-state index contributed by atoms with van der Waals surface area (Å²) in [6, 6.07) is 17.4. The topological polar surface area (TPSA) is 83.2 Å². The third kappa shape index (κ3) is 3.30. The number of aryl methyl sites for hydroxylation is 2. The third-order valence-corrected chi connectivity index (χ3v) is 7.49. The second-order valence-corrected chi connectivity index (χ2v) is 9.69. The first-order valence-corrected chi connectivity index (χ1v) is 11.7. The summed E-state index contributed by atoms with van der Waals surface area (Å²) in [5.41, 5.74) is 3.76. The van der Waals surface area contributed by atoms with Gasteiger partial charge in [-0.3, -0.25) is 0 Å². The fourth-order valence-electron chi connectivity index (χ4n) is 4.09. The van der Waals surface area contributed by atoms with Gasteiger partial charge in [0.1, 0.15) is 0 Å². The van der Waals surface area contributed by atoms with Gasteiger partial charge in [0.05, 0.1) is 23.3 Å². The number of nitrogens with zero attached hydrogens (tertiary/aromatic N) is 3. The highest BCUT2D eigenvalue weighted by Gasteiger charge is 2.26. The average Bonchev–Trinajstić information content (AvgIpc) is 3.36. The smallest absolute Gasteiger partial charge is 0.337 e. The summed E-state index contributed by atoms with van der Waals surface area (Å²) in [6.07, 6.45) is 3.44. The molecule has 33 heavy (non-hydrogen) atoms. The number of methoxy groups -OCH3 is 1. The lowest BCUT2D eigenvalue weighted by atomic mass is 10.1. The minimum Gasteiger partial charge on any atom is -0.465 e. The zero-order valence-electron chi connectivity index (χ0n) is 18.3. The molecule has 3 aromatic heterocycles. The molecule has 0 atom stereocenters. The highest BCUT2D eigenvalue weighted by atomic mass is 32.2. The van der Waals surface area contributed by atoms with E-state index < -0.39 is 16.0 Å². The number of benzene rings is 2. The van der Waals surface area contributed by atoms with Crippen molar-refractivity contribution in [3.63, 3.8) is 0 Å². The van der Waals surface area contributed by atoms with Crippen molar-refractivity contribution in [3.8, 4) is 11.3 Å². The Kier molecular flexibility index (Phi) is 4.83. The number of rotatable bonds is 4. The van der Waals surface area contributed by atoms with E-state index in [0.717, 1.165) is 22.0 Å². The van der Waals surface area contributed by atoms with E-state index in [1.807, 2.05) is 42.9 Å². The second-order valence-electron chi connectivity index (χ2n) is 7.91. The van der Waals surface area contributed by atoms with Crippen molar-refractivity contribution >= 4 is 37.9 Å². The first-order chi connectivity index (χ1) is 15.8. The molecule has 0 aliphatic carbocycles. The Morgan fingerprint density at radius 1 is 1.03 bits per heavy atom. The average molecular weight is 460 g/mol. The number of fused-ring (bicyclic) bond motifs is 2. The predicted molar refractivity (Wildman–Crippen MR) is 127 cm³/mol. The Morgan fingerprint density at radius 3 is 2.52 bits per heavy atom. The number of carbonyl (C=O) groups excluding carboxylic acids is 1. The summed E-state index contributed by atoms with van der Waals surface area (Å²) in [4.78, 5) is 16.6. The van der Waals surface area contributed by atoms with Crippen LogP contribution in [0.2, 0.25) is 0 Å². The molecule has 0 spiro atoms. The van der Waals surface area contributed by atoms with Crippen LogP contribution in [0.3, 0.4) is 0 Å². The van der Waals surface area contributed by atoms with Crippen molar-refractivity contribution in [3.05, 3.63) is 84.2 Å². The number of ether oxygens (including phenoxy) is 1. The molecule has 3 heterocycles. The zero-order chi connectivity index (χ0) is 23.3. The maximum atomic E-state index is 13.8. The maximum Gasteiger partial charge on any atom is 0.337 e. The Labute approximate surface area is 190 Å². The number of esters is 1. The SMILES string of the molecule is COC(=O)c1ccc2c(-c3cc4cccnc4n3S(=O)(=O)c3ccc(C)cc3)cn(C)c2c1. The number of hydrogen-bond donors (Lipinski definition) is 0. The van der Waals surface area contributed by atoms with Gasteiger partial charge in [0.15, 0.2) is 5.65 Å². The lowest BCUT2D eigenvalue weighted by Crippen LogP contribution is -2.14. The monoisotopic (exact) mass is 459 g/mol. The molecule has 2 aromatic carbocycles. The maximum absolute atomic E-state index is 13.8. The zero-order valence-corrected chi connectivity index (χ0v) is 19.1. The molecule has 0 radical (unpaired) electrons. The molecule has 0 saturated heterocycles. The normalized spacial score (nSPS) is 11.8. The van der Waals surface area contributed by atoms with Gasteiger partial charge in [-0.25, -0.2) is 22.2 Å². The van der Waals surface area contributed by atoms with Gasteiger partial charge in [-0.2, -0.15) is 0 Å². The van der Waals surface area contributed by atoms with Gasteiger partial charge in [0.25, 0.3) is 10.0 Å². The largest absolute Gasteiger partial charge is 0.465 e. The minimum atomic E-state index is -3.93. The standard InChI is InChI=1S/C25H21N3O4S/c1-16-6-9-19(10-7-16)33(30,31)28-23(13-17-5-4-12-26-24(17)28)21-15-27(2)22-14-18(25(29)32-3)8-11-20(21)22/h4-15H,1-3H3. The number of hydrogen-bond acceptors (Lipinski definition) is 5. The van der Waals surface area contributed by atoms with Crippen LogP contribution in [0.1, 0.15) is 15.9 Å². The quantitative estimate of drug-likeness (QED) is 0.369. The first kappa shape index (κ1) is 21.0. The Hall–Kier alpha value is -3.91. The molecule has 5 rings (SSSR count). The molecule has 0 saturated carbocycles. The van der Waals surface area contributed by atoms with E-state index in [0.29, 0.717) is 22.3 Å². The molecule has 5 aromatic rings. The Morgan fingerprint density at radius 2 is 1.79 bits per heavy atom.